The van der Waals surface area contributed by atoms with Crippen molar-refractivity contribution in [3.8, 4) is 0 Å². The molecule has 1 aromatic rings. The lowest BCUT2D eigenvalue weighted by Crippen LogP contribution is -2.47. The molecule has 1 N–H and O–H groups in total. The molecule has 5 heteroatoms. The second-order valence-electron chi connectivity index (χ2n) is 7.92. The Morgan fingerprint density at radius 3 is 2.23 bits per heavy atom. The Hall–Kier alpha value is -2.04. The molecule has 1 aliphatic carbocycles. The van der Waals surface area contributed by atoms with E-state index in [1.54, 1.807) is 0 Å². The molecule has 1 aliphatic heterocycles. The minimum Gasteiger partial charge on any atom is -0.343 e. The van der Waals surface area contributed by atoms with Crippen LogP contribution < -0.4 is 5.32 Å². The van der Waals surface area contributed by atoms with E-state index >= 15 is 0 Å². The molecule has 26 heavy (non-hydrogen) atoms. The highest BCUT2D eigenvalue weighted by Gasteiger charge is 2.32. The summed E-state index contributed by atoms with van der Waals surface area (Å²) in [7, 11) is 1.97. The van der Waals surface area contributed by atoms with E-state index in [-0.39, 0.29) is 17.9 Å². The standard InChI is InChI=1S/C21H31N3O2/c1-16-8-10-19(11-9-16)23(2)20(25)17-12-14-24(15-13-17)21(26)22-18-6-4-3-5-7-18/h3-7,16-17,19H,8-15H2,1-2H3,(H,22,26). The van der Waals surface area contributed by atoms with Crippen LogP contribution >= 0.6 is 0 Å². The largest absolute Gasteiger partial charge is 0.343 e. The van der Waals surface area contributed by atoms with E-state index in [9.17, 15) is 9.59 Å². The van der Waals surface area contributed by atoms with Gasteiger partial charge in [0.2, 0.25) is 5.91 Å². The first-order valence-corrected chi connectivity index (χ1v) is 9.92. The van der Waals surface area contributed by atoms with E-state index < -0.39 is 0 Å². The highest BCUT2D eigenvalue weighted by Crippen LogP contribution is 2.29. The summed E-state index contributed by atoms with van der Waals surface area (Å²) in [4.78, 5) is 29.0. The van der Waals surface area contributed by atoms with Crippen molar-refractivity contribution < 1.29 is 9.59 Å². The van der Waals surface area contributed by atoms with Gasteiger partial charge in [0.05, 0.1) is 0 Å². The molecule has 1 saturated heterocycles. The topological polar surface area (TPSA) is 52.7 Å². The smallest absolute Gasteiger partial charge is 0.321 e. The van der Waals surface area contributed by atoms with Gasteiger partial charge in [-0.25, -0.2) is 4.79 Å². The highest BCUT2D eigenvalue weighted by atomic mass is 16.2. The maximum atomic E-state index is 12.9. The predicted molar refractivity (Wildman–Crippen MR) is 104 cm³/mol. The van der Waals surface area contributed by atoms with Crippen LogP contribution in [0.1, 0.15) is 45.4 Å². The van der Waals surface area contributed by atoms with Crippen LogP contribution in [0.15, 0.2) is 30.3 Å². The van der Waals surface area contributed by atoms with Gasteiger partial charge in [0.1, 0.15) is 0 Å². The number of carbonyl (C=O) groups is 2. The van der Waals surface area contributed by atoms with Gasteiger partial charge in [-0.05, 0) is 56.6 Å². The van der Waals surface area contributed by atoms with Gasteiger partial charge in [-0.3, -0.25) is 4.79 Å². The number of nitrogens with one attached hydrogen (secondary N) is 1. The maximum Gasteiger partial charge on any atom is 0.321 e. The number of rotatable bonds is 3. The Morgan fingerprint density at radius 1 is 1.00 bits per heavy atom. The molecule has 5 nitrogen and oxygen atoms in total. The number of urea groups is 1. The zero-order valence-electron chi connectivity index (χ0n) is 16.0. The Bertz CT molecular complexity index is 603. The van der Waals surface area contributed by atoms with E-state index in [2.05, 4.69) is 12.2 Å². The minimum absolute atomic E-state index is 0.0557. The van der Waals surface area contributed by atoms with Crippen LogP contribution in [0.4, 0.5) is 10.5 Å². The molecular weight excluding hydrogens is 326 g/mol. The second-order valence-corrected chi connectivity index (χ2v) is 7.92. The Kier molecular flexibility index (Phi) is 6.17. The van der Waals surface area contributed by atoms with Crippen molar-refractivity contribution in [2.75, 3.05) is 25.5 Å². The molecule has 3 rings (SSSR count). The molecule has 0 atom stereocenters. The van der Waals surface area contributed by atoms with Crippen LogP contribution in [0.2, 0.25) is 0 Å². The maximum absolute atomic E-state index is 12.9. The highest BCUT2D eigenvalue weighted by molar-refractivity contribution is 5.89. The lowest BCUT2D eigenvalue weighted by Gasteiger charge is -2.38. The van der Waals surface area contributed by atoms with Crippen molar-refractivity contribution >= 4 is 17.6 Å². The van der Waals surface area contributed by atoms with Crippen LogP contribution in [0.3, 0.4) is 0 Å². The first kappa shape index (κ1) is 18.7. The lowest BCUT2D eigenvalue weighted by atomic mass is 9.86. The Balaban J connectivity index is 1.47. The molecule has 0 spiro atoms. The fourth-order valence-electron chi connectivity index (χ4n) is 4.15. The summed E-state index contributed by atoms with van der Waals surface area (Å²) in [5.74, 6) is 1.12. The number of amides is 3. The van der Waals surface area contributed by atoms with Crippen molar-refractivity contribution in [3.05, 3.63) is 30.3 Å². The van der Waals surface area contributed by atoms with Gasteiger partial charge in [0.25, 0.3) is 0 Å². The number of nitrogens with zero attached hydrogens (tertiary/aromatic N) is 2. The summed E-state index contributed by atoms with van der Waals surface area (Å²) in [6.07, 6.45) is 6.22. The number of anilines is 1. The number of piperidine rings is 1. The molecule has 0 aromatic heterocycles. The number of hydrogen-bond donors (Lipinski definition) is 1. The minimum atomic E-state index is -0.0725. The fraction of sp³-hybridized carbons (Fsp3) is 0.619. The van der Waals surface area contributed by atoms with Crippen LogP contribution in [0, 0.1) is 11.8 Å². The first-order valence-electron chi connectivity index (χ1n) is 9.92. The van der Waals surface area contributed by atoms with Gasteiger partial charge in [-0.1, -0.05) is 25.1 Å². The number of benzene rings is 1. The van der Waals surface area contributed by atoms with Crippen molar-refractivity contribution in [2.24, 2.45) is 11.8 Å². The van der Waals surface area contributed by atoms with Crippen molar-refractivity contribution in [1.29, 1.82) is 0 Å². The first-order chi connectivity index (χ1) is 12.5. The number of likely N-dealkylation sites (tertiary alicyclic amines) is 1. The van der Waals surface area contributed by atoms with E-state index in [1.807, 2.05) is 47.2 Å². The third-order valence-corrected chi connectivity index (χ3v) is 6.04. The summed E-state index contributed by atoms with van der Waals surface area (Å²) >= 11 is 0. The Morgan fingerprint density at radius 2 is 1.62 bits per heavy atom. The monoisotopic (exact) mass is 357 g/mol. The molecule has 3 amide bonds. The van der Waals surface area contributed by atoms with Gasteiger partial charge >= 0.3 is 6.03 Å². The van der Waals surface area contributed by atoms with Crippen molar-refractivity contribution in [2.45, 2.75) is 51.5 Å². The summed E-state index contributed by atoms with van der Waals surface area (Å²) < 4.78 is 0. The summed E-state index contributed by atoms with van der Waals surface area (Å²) in [6.45, 7) is 3.59. The summed E-state index contributed by atoms with van der Waals surface area (Å²) in [5.41, 5.74) is 0.807. The summed E-state index contributed by atoms with van der Waals surface area (Å²) in [6, 6.07) is 9.83. The zero-order chi connectivity index (χ0) is 18.5. The fourth-order valence-corrected chi connectivity index (χ4v) is 4.15. The van der Waals surface area contributed by atoms with Gasteiger partial charge in [-0.15, -0.1) is 0 Å². The third-order valence-electron chi connectivity index (χ3n) is 6.04. The number of carbonyl (C=O) groups excluding carboxylic acids is 2. The SMILES string of the molecule is CC1CCC(N(C)C(=O)C2CCN(C(=O)Nc3ccccc3)CC2)CC1. The van der Waals surface area contributed by atoms with Crippen LogP contribution in [0.25, 0.3) is 0 Å². The van der Waals surface area contributed by atoms with E-state index in [0.29, 0.717) is 19.1 Å². The lowest BCUT2D eigenvalue weighted by molar-refractivity contribution is -0.138. The average molecular weight is 357 g/mol. The molecule has 2 aliphatic rings. The van der Waals surface area contributed by atoms with Gasteiger partial charge in [-0.2, -0.15) is 0 Å². The predicted octanol–water partition coefficient (Wildman–Crippen LogP) is 3.97. The second kappa shape index (κ2) is 8.56. The van der Waals surface area contributed by atoms with E-state index in [0.717, 1.165) is 37.3 Å². The van der Waals surface area contributed by atoms with Crippen molar-refractivity contribution in [3.63, 3.8) is 0 Å². The summed E-state index contributed by atoms with van der Waals surface area (Å²) in [5, 5.41) is 2.93. The van der Waals surface area contributed by atoms with Gasteiger partial charge in [0.15, 0.2) is 0 Å². The molecule has 0 radical (unpaired) electrons. The number of hydrogen-bond acceptors (Lipinski definition) is 2. The van der Waals surface area contributed by atoms with Gasteiger partial charge in [0, 0.05) is 37.8 Å². The normalized spacial score (nSPS) is 24.2. The van der Waals surface area contributed by atoms with Gasteiger partial charge < -0.3 is 15.1 Å². The van der Waals surface area contributed by atoms with Crippen LogP contribution in [-0.4, -0.2) is 47.9 Å². The molecule has 1 saturated carbocycles. The molecule has 2 fully saturated rings. The third kappa shape index (κ3) is 4.57. The van der Waals surface area contributed by atoms with Crippen LogP contribution in [0.5, 0.6) is 0 Å². The number of para-hydroxylation sites is 1. The Labute approximate surface area is 156 Å². The quantitative estimate of drug-likeness (QED) is 0.890. The molecule has 142 valence electrons. The zero-order valence-corrected chi connectivity index (χ0v) is 16.0. The molecule has 1 aromatic carbocycles. The van der Waals surface area contributed by atoms with E-state index in [4.69, 9.17) is 0 Å². The molecular formula is C21H31N3O2. The molecule has 0 unspecified atom stereocenters. The molecule has 1 heterocycles. The molecule has 0 bridgehead atoms. The van der Waals surface area contributed by atoms with E-state index in [1.165, 1.54) is 12.8 Å². The van der Waals surface area contributed by atoms with Crippen molar-refractivity contribution in [1.82, 2.24) is 9.80 Å². The average Bonchev–Trinajstić information content (AvgIpc) is 2.68. The van der Waals surface area contributed by atoms with Crippen LogP contribution in [-0.2, 0) is 4.79 Å².